The topological polar surface area (TPSA) is 41.6 Å². The highest BCUT2D eigenvalue weighted by Gasteiger charge is 2.23. The Kier molecular flexibility index (Phi) is 6.87. The zero-order chi connectivity index (χ0) is 17.5. The van der Waals surface area contributed by atoms with Crippen molar-refractivity contribution in [2.45, 2.75) is 38.5 Å². The van der Waals surface area contributed by atoms with Crippen LogP contribution < -0.4 is 5.32 Å². The van der Waals surface area contributed by atoms with E-state index in [2.05, 4.69) is 16.8 Å². The smallest absolute Gasteiger partial charge is 0.249 e. The fraction of sp³-hybridized carbons (Fsp3) is 0.500. The number of rotatable bonds is 7. The fourth-order valence-electron chi connectivity index (χ4n) is 2.74. The summed E-state index contributed by atoms with van der Waals surface area (Å²) in [6, 6.07) is 4.11. The van der Waals surface area contributed by atoms with Crippen molar-refractivity contribution in [3.8, 4) is 0 Å². The molecule has 24 heavy (non-hydrogen) atoms. The van der Waals surface area contributed by atoms with E-state index >= 15 is 0 Å². The molecule has 0 unspecified atom stereocenters. The Morgan fingerprint density at radius 3 is 2.75 bits per heavy atom. The predicted molar refractivity (Wildman–Crippen MR) is 88.4 cm³/mol. The van der Waals surface area contributed by atoms with Gasteiger partial charge in [0.05, 0.1) is 6.61 Å². The molecule has 6 heteroatoms. The molecule has 1 aliphatic rings. The van der Waals surface area contributed by atoms with Crippen molar-refractivity contribution in [2.75, 3.05) is 19.7 Å². The van der Waals surface area contributed by atoms with Crippen molar-refractivity contribution in [2.24, 2.45) is 0 Å². The molecule has 132 valence electrons. The number of carbonyl (C=O) groups is 1. The van der Waals surface area contributed by atoms with Crippen LogP contribution in [-0.4, -0.2) is 42.6 Å². The number of nitrogens with one attached hydrogen (secondary N) is 1. The summed E-state index contributed by atoms with van der Waals surface area (Å²) in [5, 5.41) is 2.99. The molecule has 0 radical (unpaired) electrons. The summed E-state index contributed by atoms with van der Waals surface area (Å²) < 4.78 is 31.5. The number of ether oxygens (including phenoxy) is 1. The van der Waals surface area contributed by atoms with E-state index in [0.29, 0.717) is 13.2 Å². The largest absolute Gasteiger partial charge is 0.365 e. The molecule has 0 bridgehead atoms. The van der Waals surface area contributed by atoms with Crippen LogP contribution in [0, 0.1) is 11.6 Å². The minimum absolute atomic E-state index is 0.115. The van der Waals surface area contributed by atoms with E-state index in [0.717, 1.165) is 37.6 Å². The Labute approximate surface area is 141 Å². The van der Waals surface area contributed by atoms with Gasteiger partial charge in [-0.15, -0.1) is 6.58 Å². The maximum atomic E-state index is 13.2. The molecule has 1 fully saturated rings. The fourth-order valence-corrected chi connectivity index (χ4v) is 2.74. The first-order chi connectivity index (χ1) is 11.5. The molecule has 1 amide bonds. The molecule has 0 aliphatic carbocycles. The molecule has 1 aromatic carbocycles. The highest BCUT2D eigenvalue weighted by Crippen LogP contribution is 2.16. The summed E-state index contributed by atoms with van der Waals surface area (Å²) in [5.41, 5.74) is 0.753. The molecule has 1 atom stereocenters. The van der Waals surface area contributed by atoms with Crippen LogP contribution in [0.2, 0.25) is 0 Å². The first kappa shape index (κ1) is 18.5. The van der Waals surface area contributed by atoms with Crippen LogP contribution in [0.5, 0.6) is 0 Å². The van der Waals surface area contributed by atoms with Crippen LogP contribution in [-0.2, 0) is 16.1 Å². The van der Waals surface area contributed by atoms with Gasteiger partial charge in [-0.2, -0.15) is 0 Å². The van der Waals surface area contributed by atoms with Crippen molar-refractivity contribution >= 4 is 5.91 Å². The third-order valence-corrected chi connectivity index (χ3v) is 4.16. The second-order valence-electron chi connectivity index (χ2n) is 6.07. The van der Waals surface area contributed by atoms with Gasteiger partial charge in [-0.3, -0.25) is 9.69 Å². The number of piperidine rings is 1. The van der Waals surface area contributed by atoms with Crippen molar-refractivity contribution in [1.82, 2.24) is 10.2 Å². The molecule has 1 heterocycles. The molecule has 0 aromatic heterocycles. The van der Waals surface area contributed by atoms with Crippen LogP contribution in [0.25, 0.3) is 0 Å². The van der Waals surface area contributed by atoms with E-state index in [4.69, 9.17) is 4.74 Å². The quantitative estimate of drug-likeness (QED) is 0.777. The second kappa shape index (κ2) is 8.89. The average molecular weight is 338 g/mol. The van der Waals surface area contributed by atoms with Crippen LogP contribution in [0.1, 0.15) is 25.3 Å². The third-order valence-electron chi connectivity index (χ3n) is 4.16. The van der Waals surface area contributed by atoms with Gasteiger partial charge in [0.1, 0.15) is 6.10 Å². The SMILES string of the molecule is C=CCO[C@@H](C)C(=O)NC1CCN(Cc2ccc(F)c(F)c2)CC1. The van der Waals surface area contributed by atoms with Gasteiger partial charge in [-0.25, -0.2) is 8.78 Å². The average Bonchev–Trinajstić information content (AvgIpc) is 2.57. The van der Waals surface area contributed by atoms with Gasteiger partial charge in [0.25, 0.3) is 0 Å². The zero-order valence-corrected chi connectivity index (χ0v) is 13.9. The third kappa shape index (κ3) is 5.39. The lowest BCUT2D eigenvalue weighted by atomic mass is 10.0. The van der Waals surface area contributed by atoms with Crippen molar-refractivity contribution in [1.29, 1.82) is 0 Å². The first-order valence-electron chi connectivity index (χ1n) is 8.18. The van der Waals surface area contributed by atoms with Crippen LogP contribution >= 0.6 is 0 Å². The highest BCUT2D eigenvalue weighted by molar-refractivity contribution is 5.80. The Bertz CT molecular complexity index is 572. The van der Waals surface area contributed by atoms with Crippen molar-refractivity contribution < 1.29 is 18.3 Å². The van der Waals surface area contributed by atoms with E-state index in [9.17, 15) is 13.6 Å². The summed E-state index contributed by atoms with van der Waals surface area (Å²) in [7, 11) is 0. The molecule has 1 saturated heterocycles. The van der Waals surface area contributed by atoms with E-state index in [1.165, 1.54) is 6.07 Å². The number of carbonyl (C=O) groups excluding carboxylic acids is 1. The van der Waals surface area contributed by atoms with Gasteiger partial charge >= 0.3 is 0 Å². The zero-order valence-electron chi connectivity index (χ0n) is 13.9. The number of nitrogens with zero attached hydrogens (tertiary/aromatic N) is 1. The molecule has 2 rings (SSSR count). The molecule has 1 aliphatic heterocycles. The van der Waals surface area contributed by atoms with Gasteiger partial charge < -0.3 is 10.1 Å². The molecular weight excluding hydrogens is 314 g/mol. The van der Waals surface area contributed by atoms with Crippen LogP contribution in [0.3, 0.4) is 0 Å². The van der Waals surface area contributed by atoms with Gasteiger partial charge in [0.15, 0.2) is 11.6 Å². The monoisotopic (exact) mass is 338 g/mol. The summed E-state index contributed by atoms with van der Waals surface area (Å²) >= 11 is 0. The van der Waals surface area contributed by atoms with Crippen molar-refractivity contribution in [3.63, 3.8) is 0 Å². The van der Waals surface area contributed by atoms with Crippen molar-refractivity contribution in [3.05, 3.63) is 48.1 Å². The number of hydrogen-bond acceptors (Lipinski definition) is 3. The Hall–Kier alpha value is -1.79. The molecule has 0 saturated carbocycles. The molecule has 1 aromatic rings. The lowest BCUT2D eigenvalue weighted by molar-refractivity contribution is -0.132. The predicted octanol–water partition coefficient (Wildman–Crippen LogP) is 2.64. The Morgan fingerprint density at radius 1 is 1.42 bits per heavy atom. The lowest BCUT2D eigenvalue weighted by Gasteiger charge is -2.32. The van der Waals surface area contributed by atoms with Gasteiger partial charge in [-0.1, -0.05) is 12.1 Å². The van der Waals surface area contributed by atoms with Gasteiger partial charge in [-0.05, 0) is 37.5 Å². The summed E-state index contributed by atoms with van der Waals surface area (Å²) in [4.78, 5) is 14.2. The Balaban J connectivity index is 1.75. The molecular formula is C18H24F2N2O2. The maximum absolute atomic E-state index is 13.2. The van der Waals surface area contributed by atoms with E-state index in [1.807, 2.05) is 0 Å². The minimum atomic E-state index is -0.826. The van der Waals surface area contributed by atoms with E-state index in [1.54, 1.807) is 19.1 Å². The summed E-state index contributed by atoms with van der Waals surface area (Å²) in [5.74, 6) is -1.76. The number of halogens is 2. The van der Waals surface area contributed by atoms with E-state index in [-0.39, 0.29) is 11.9 Å². The number of amides is 1. The summed E-state index contributed by atoms with van der Waals surface area (Å²) in [6.45, 7) is 7.80. The first-order valence-corrected chi connectivity index (χ1v) is 8.18. The van der Waals surface area contributed by atoms with Gasteiger partial charge in [0, 0.05) is 25.7 Å². The highest BCUT2D eigenvalue weighted by atomic mass is 19.2. The number of hydrogen-bond donors (Lipinski definition) is 1. The van der Waals surface area contributed by atoms with Crippen LogP contribution in [0.4, 0.5) is 8.78 Å². The molecule has 1 N–H and O–H groups in total. The standard InChI is InChI=1S/C18H24F2N2O2/c1-3-10-24-13(2)18(23)21-15-6-8-22(9-7-15)12-14-4-5-16(19)17(20)11-14/h3-5,11,13,15H,1,6-10,12H2,2H3,(H,21,23)/t13-/m0/s1. The minimum Gasteiger partial charge on any atom is -0.365 e. The normalized spacial score (nSPS) is 17.5. The second-order valence-corrected chi connectivity index (χ2v) is 6.07. The van der Waals surface area contributed by atoms with Gasteiger partial charge in [0.2, 0.25) is 5.91 Å². The number of likely N-dealkylation sites (tertiary alicyclic amines) is 1. The summed E-state index contributed by atoms with van der Waals surface area (Å²) in [6.07, 6.45) is 2.76. The lowest BCUT2D eigenvalue weighted by Crippen LogP contribution is -2.47. The Morgan fingerprint density at radius 2 is 2.12 bits per heavy atom. The maximum Gasteiger partial charge on any atom is 0.249 e. The van der Waals surface area contributed by atoms with Crippen LogP contribution in [0.15, 0.2) is 30.9 Å². The molecule has 4 nitrogen and oxygen atoms in total. The number of benzene rings is 1. The van der Waals surface area contributed by atoms with E-state index < -0.39 is 17.7 Å². The molecule has 0 spiro atoms.